The molecular formula is C21H33FN4O2. The number of hydrogen-bond acceptors (Lipinski definition) is 4. The Morgan fingerprint density at radius 1 is 1.21 bits per heavy atom. The number of carbonyl (C=O) groups is 2. The lowest BCUT2D eigenvalue weighted by molar-refractivity contribution is -0.140. The first kappa shape index (κ1) is 21.0. The molecule has 2 saturated heterocycles. The van der Waals surface area contributed by atoms with Gasteiger partial charge in [0, 0.05) is 31.0 Å². The SMILES string of the molecule is CC1(NCC(=O)N2CC(F)CC2C#N)CCC(C(=O)N2CCCCC2)C1(C)C. The molecule has 28 heavy (non-hydrogen) atoms. The molecule has 1 N–H and O–H groups in total. The number of alkyl halides is 1. The van der Waals surface area contributed by atoms with Crippen LogP contribution in [0.15, 0.2) is 0 Å². The van der Waals surface area contributed by atoms with Crippen molar-refractivity contribution in [1.29, 1.82) is 5.26 Å². The third-order valence-electron chi connectivity index (χ3n) is 7.54. The molecule has 4 atom stereocenters. The van der Waals surface area contributed by atoms with Crippen molar-refractivity contribution in [2.45, 2.75) is 77.0 Å². The Balaban J connectivity index is 1.63. The zero-order valence-electron chi connectivity index (χ0n) is 17.3. The number of piperidine rings is 1. The molecule has 2 heterocycles. The van der Waals surface area contributed by atoms with Gasteiger partial charge in [0.2, 0.25) is 11.8 Å². The quantitative estimate of drug-likeness (QED) is 0.796. The number of carbonyl (C=O) groups excluding carboxylic acids is 2. The highest BCUT2D eigenvalue weighted by atomic mass is 19.1. The molecule has 2 amide bonds. The average molecular weight is 393 g/mol. The number of rotatable bonds is 4. The summed E-state index contributed by atoms with van der Waals surface area (Å²) in [6.07, 6.45) is 3.93. The van der Waals surface area contributed by atoms with Gasteiger partial charge in [-0.1, -0.05) is 13.8 Å². The Morgan fingerprint density at radius 2 is 1.89 bits per heavy atom. The number of nitriles is 1. The van der Waals surface area contributed by atoms with Crippen molar-refractivity contribution in [2.24, 2.45) is 11.3 Å². The summed E-state index contributed by atoms with van der Waals surface area (Å²) in [5.74, 6) is -0.0625. The first-order valence-electron chi connectivity index (χ1n) is 10.6. The summed E-state index contributed by atoms with van der Waals surface area (Å²) in [5.41, 5.74) is -0.667. The summed E-state index contributed by atoms with van der Waals surface area (Å²) in [4.78, 5) is 29.1. The van der Waals surface area contributed by atoms with Crippen LogP contribution in [0.4, 0.5) is 4.39 Å². The van der Waals surface area contributed by atoms with E-state index < -0.39 is 12.2 Å². The van der Waals surface area contributed by atoms with E-state index in [0.29, 0.717) is 0 Å². The molecule has 0 aromatic rings. The van der Waals surface area contributed by atoms with Gasteiger partial charge in [-0.3, -0.25) is 9.59 Å². The second kappa shape index (κ2) is 7.98. The van der Waals surface area contributed by atoms with Crippen LogP contribution in [0.3, 0.4) is 0 Å². The van der Waals surface area contributed by atoms with Gasteiger partial charge in [0.25, 0.3) is 0 Å². The van der Waals surface area contributed by atoms with Crippen molar-refractivity contribution in [1.82, 2.24) is 15.1 Å². The van der Waals surface area contributed by atoms with Crippen molar-refractivity contribution in [3.05, 3.63) is 0 Å². The lowest BCUT2D eigenvalue weighted by atomic mass is 9.70. The van der Waals surface area contributed by atoms with Crippen LogP contribution in [0.1, 0.15) is 59.3 Å². The van der Waals surface area contributed by atoms with E-state index in [1.807, 2.05) is 11.0 Å². The zero-order chi connectivity index (χ0) is 20.5. The Kier molecular flexibility index (Phi) is 6.00. The van der Waals surface area contributed by atoms with Crippen LogP contribution in [-0.4, -0.2) is 65.5 Å². The fraction of sp³-hybridized carbons (Fsp3) is 0.857. The maximum atomic E-state index is 13.6. The second-order valence-electron chi connectivity index (χ2n) is 9.41. The van der Waals surface area contributed by atoms with Gasteiger partial charge < -0.3 is 15.1 Å². The van der Waals surface area contributed by atoms with E-state index >= 15 is 0 Å². The Morgan fingerprint density at radius 3 is 2.54 bits per heavy atom. The topological polar surface area (TPSA) is 76.4 Å². The highest BCUT2D eigenvalue weighted by Crippen LogP contribution is 2.50. The molecule has 156 valence electrons. The molecule has 6 nitrogen and oxygen atoms in total. The Labute approximate surface area is 167 Å². The van der Waals surface area contributed by atoms with Crippen LogP contribution >= 0.6 is 0 Å². The Bertz CT molecular complexity index is 655. The molecule has 2 aliphatic heterocycles. The number of nitrogens with zero attached hydrogens (tertiary/aromatic N) is 3. The van der Waals surface area contributed by atoms with Gasteiger partial charge in [0.15, 0.2) is 0 Å². The third kappa shape index (κ3) is 3.76. The summed E-state index contributed by atoms with van der Waals surface area (Å²) >= 11 is 0. The molecule has 3 fully saturated rings. The molecule has 0 aromatic heterocycles. The molecule has 1 saturated carbocycles. The van der Waals surface area contributed by atoms with E-state index in [4.69, 9.17) is 5.26 Å². The largest absolute Gasteiger partial charge is 0.342 e. The minimum Gasteiger partial charge on any atom is -0.342 e. The van der Waals surface area contributed by atoms with Gasteiger partial charge in [0.1, 0.15) is 12.2 Å². The number of nitrogens with one attached hydrogen (secondary N) is 1. The molecule has 0 aromatic carbocycles. The monoisotopic (exact) mass is 392 g/mol. The minimum absolute atomic E-state index is 0.00504. The number of amides is 2. The molecule has 0 spiro atoms. The first-order valence-corrected chi connectivity index (χ1v) is 10.6. The molecule has 4 unspecified atom stereocenters. The van der Waals surface area contributed by atoms with E-state index in [9.17, 15) is 14.0 Å². The average Bonchev–Trinajstić information content (AvgIpc) is 3.17. The number of hydrogen-bond donors (Lipinski definition) is 1. The van der Waals surface area contributed by atoms with Crippen molar-refractivity contribution in [3.8, 4) is 6.07 Å². The van der Waals surface area contributed by atoms with E-state index in [-0.39, 0.29) is 48.2 Å². The molecule has 7 heteroatoms. The van der Waals surface area contributed by atoms with Gasteiger partial charge in [-0.2, -0.15) is 5.26 Å². The van der Waals surface area contributed by atoms with Crippen LogP contribution < -0.4 is 5.32 Å². The fourth-order valence-corrected chi connectivity index (χ4v) is 5.14. The van der Waals surface area contributed by atoms with Gasteiger partial charge >= 0.3 is 0 Å². The maximum absolute atomic E-state index is 13.6. The normalized spacial score (nSPS) is 35.0. The maximum Gasteiger partial charge on any atom is 0.237 e. The second-order valence-corrected chi connectivity index (χ2v) is 9.41. The molecule has 0 bridgehead atoms. The van der Waals surface area contributed by atoms with E-state index in [2.05, 4.69) is 26.1 Å². The van der Waals surface area contributed by atoms with Gasteiger partial charge in [-0.05, 0) is 44.4 Å². The lowest BCUT2D eigenvalue weighted by Crippen LogP contribution is -2.57. The van der Waals surface area contributed by atoms with Crippen LogP contribution in [-0.2, 0) is 9.59 Å². The predicted molar refractivity (Wildman–Crippen MR) is 104 cm³/mol. The Hall–Kier alpha value is -1.68. The number of likely N-dealkylation sites (tertiary alicyclic amines) is 2. The molecule has 0 radical (unpaired) electrons. The highest BCUT2D eigenvalue weighted by molar-refractivity contribution is 5.81. The van der Waals surface area contributed by atoms with E-state index in [0.717, 1.165) is 38.8 Å². The smallest absolute Gasteiger partial charge is 0.237 e. The molecule has 1 aliphatic carbocycles. The van der Waals surface area contributed by atoms with Crippen molar-refractivity contribution in [2.75, 3.05) is 26.2 Å². The minimum atomic E-state index is -1.13. The highest BCUT2D eigenvalue weighted by Gasteiger charge is 2.55. The van der Waals surface area contributed by atoms with Crippen LogP contribution in [0, 0.1) is 22.7 Å². The summed E-state index contributed by atoms with van der Waals surface area (Å²) in [7, 11) is 0. The van der Waals surface area contributed by atoms with Crippen molar-refractivity contribution < 1.29 is 14.0 Å². The first-order chi connectivity index (χ1) is 13.2. The summed E-state index contributed by atoms with van der Waals surface area (Å²) < 4.78 is 13.6. The molecular weight excluding hydrogens is 359 g/mol. The summed E-state index contributed by atoms with van der Waals surface area (Å²) in [6.45, 7) is 8.05. The van der Waals surface area contributed by atoms with Crippen LogP contribution in [0.25, 0.3) is 0 Å². The summed E-state index contributed by atoms with van der Waals surface area (Å²) in [5, 5.41) is 12.5. The zero-order valence-corrected chi connectivity index (χ0v) is 17.3. The lowest BCUT2D eigenvalue weighted by Gasteiger charge is -2.43. The molecule has 3 aliphatic rings. The van der Waals surface area contributed by atoms with Gasteiger partial charge in [0.05, 0.1) is 19.2 Å². The van der Waals surface area contributed by atoms with Gasteiger partial charge in [-0.25, -0.2) is 4.39 Å². The van der Waals surface area contributed by atoms with Crippen molar-refractivity contribution in [3.63, 3.8) is 0 Å². The summed E-state index contributed by atoms with van der Waals surface area (Å²) in [6, 6.07) is 1.35. The third-order valence-corrected chi connectivity index (χ3v) is 7.54. The van der Waals surface area contributed by atoms with E-state index in [1.54, 1.807) is 0 Å². The van der Waals surface area contributed by atoms with E-state index in [1.165, 1.54) is 11.3 Å². The molecule has 3 rings (SSSR count). The van der Waals surface area contributed by atoms with Gasteiger partial charge in [-0.15, -0.1) is 0 Å². The number of halogens is 1. The predicted octanol–water partition coefficient (Wildman–Crippen LogP) is 2.25. The van der Waals surface area contributed by atoms with Crippen molar-refractivity contribution >= 4 is 11.8 Å². The van der Waals surface area contributed by atoms with Crippen LogP contribution in [0.5, 0.6) is 0 Å². The fourth-order valence-electron chi connectivity index (χ4n) is 5.14. The standard InChI is InChI=1S/C21H33FN4O2/c1-20(2)17(19(28)25-9-5-4-6-10-25)7-8-21(20,3)24-13-18(27)26-14-15(22)11-16(26)12-23/h15-17,24H,4-11,13-14H2,1-3H3. The van der Waals surface area contributed by atoms with Crippen LogP contribution in [0.2, 0.25) is 0 Å².